The first-order valence-electron chi connectivity index (χ1n) is 2.02. The van der Waals surface area contributed by atoms with Crippen LogP contribution >= 0.6 is 0 Å². The van der Waals surface area contributed by atoms with Crippen LogP contribution in [0.25, 0.3) is 0 Å². The molecule has 10 heavy (non-hydrogen) atoms. The molecule has 1 heterocycles. The maximum atomic E-state index is 9.83. The summed E-state index contributed by atoms with van der Waals surface area (Å²) in [4.78, 5) is 12.3. The number of nitro groups is 1. The summed E-state index contributed by atoms with van der Waals surface area (Å²) in [6.07, 6.45) is 0. The maximum absolute atomic E-state index is 9.83. The monoisotopic (exact) mass is 153 g/mol. The SMILES string of the molecule is Nc1n[nH]c([N+](=O)[O-])n1.[NaH]. The van der Waals surface area contributed by atoms with Crippen LogP contribution in [0.15, 0.2) is 0 Å². The van der Waals surface area contributed by atoms with Crippen LogP contribution in [0.2, 0.25) is 0 Å². The number of anilines is 1. The molecule has 0 aliphatic heterocycles. The summed E-state index contributed by atoms with van der Waals surface area (Å²) >= 11 is 0. The molecule has 1 rings (SSSR count). The second-order valence-corrected chi connectivity index (χ2v) is 1.27. The molecule has 8 heteroatoms. The first-order chi connectivity index (χ1) is 4.20. The van der Waals surface area contributed by atoms with Crippen LogP contribution in [0, 0.1) is 10.1 Å². The summed E-state index contributed by atoms with van der Waals surface area (Å²) in [5.41, 5.74) is 4.96. The summed E-state index contributed by atoms with van der Waals surface area (Å²) in [7, 11) is 0. The Morgan fingerprint density at radius 3 is 2.50 bits per heavy atom. The van der Waals surface area contributed by atoms with Crippen LogP contribution < -0.4 is 5.73 Å². The van der Waals surface area contributed by atoms with Crippen molar-refractivity contribution in [2.24, 2.45) is 0 Å². The molecule has 1 aromatic rings. The predicted molar refractivity (Wildman–Crippen MR) is 34.6 cm³/mol. The van der Waals surface area contributed by atoms with Gasteiger partial charge in [-0.2, -0.15) is 0 Å². The number of hydrogen-bond acceptors (Lipinski definition) is 5. The van der Waals surface area contributed by atoms with Crippen molar-refractivity contribution in [1.29, 1.82) is 0 Å². The van der Waals surface area contributed by atoms with Gasteiger partial charge in [0.2, 0.25) is 0 Å². The van der Waals surface area contributed by atoms with Gasteiger partial charge in [0.1, 0.15) is 0 Å². The molecule has 7 nitrogen and oxygen atoms in total. The second-order valence-electron chi connectivity index (χ2n) is 1.27. The molecule has 1 aromatic heterocycles. The van der Waals surface area contributed by atoms with Gasteiger partial charge in [0, 0.05) is 0 Å². The summed E-state index contributed by atoms with van der Waals surface area (Å²) in [6.45, 7) is 0. The van der Waals surface area contributed by atoms with E-state index in [-0.39, 0.29) is 35.5 Å². The molecule has 0 fully saturated rings. The van der Waals surface area contributed by atoms with Gasteiger partial charge in [0.25, 0.3) is 0 Å². The van der Waals surface area contributed by atoms with E-state index < -0.39 is 10.9 Å². The van der Waals surface area contributed by atoms with Crippen LogP contribution in [0.4, 0.5) is 11.9 Å². The van der Waals surface area contributed by atoms with Gasteiger partial charge in [-0.05, 0) is 9.91 Å². The van der Waals surface area contributed by atoms with Crippen molar-refractivity contribution in [3.63, 3.8) is 0 Å². The van der Waals surface area contributed by atoms with Gasteiger partial charge in [-0.3, -0.25) is 0 Å². The molecule has 0 radical (unpaired) electrons. The van der Waals surface area contributed by atoms with Crippen LogP contribution in [0.3, 0.4) is 0 Å². The summed E-state index contributed by atoms with van der Waals surface area (Å²) in [5.74, 6) is -0.561. The molecule has 0 saturated carbocycles. The topological polar surface area (TPSA) is 111 Å². The molecule has 0 amide bonds. The third-order valence-electron chi connectivity index (χ3n) is 0.664. The molecular weight excluding hydrogens is 149 g/mol. The zero-order valence-electron chi connectivity index (χ0n) is 4.24. The van der Waals surface area contributed by atoms with E-state index in [9.17, 15) is 10.1 Å². The average molecular weight is 153 g/mol. The summed E-state index contributed by atoms with van der Waals surface area (Å²) in [5, 5.41) is 15.1. The van der Waals surface area contributed by atoms with E-state index in [1.54, 1.807) is 0 Å². The number of aromatic nitrogens is 3. The Hall–Kier alpha value is -0.660. The third-order valence-corrected chi connectivity index (χ3v) is 0.664. The molecule has 3 N–H and O–H groups in total. The number of nitrogen functional groups attached to an aromatic ring is 1. The standard InChI is InChI=1S/C2H3N5O2.Na.H/c3-1-4-2(6-5-1)7(8)9;;/h(H3,3,4,5,6);;. The molecule has 0 aliphatic carbocycles. The number of rotatable bonds is 1. The average Bonchev–Trinajstić information content (AvgIpc) is 2.14. The number of hydrogen-bond donors (Lipinski definition) is 2. The normalized spacial score (nSPS) is 8.40. The number of nitrogens with one attached hydrogen (secondary N) is 1. The van der Waals surface area contributed by atoms with Crippen molar-refractivity contribution in [2.75, 3.05) is 5.73 Å². The van der Waals surface area contributed by atoms with Crippen LogP contribution in [-0.4, -0.2) is 49.7 Å². The van der Waals surface area contributed by atoms with Crippen molar-refractivity contribution < 1.29 is 4.92 Å². The molecule has 0 bridgehead atoms. The molecule has 0 aliphatic rings. The Kier molecular flexibility index (Phi) is 3.26. The quantitative estimate of drug-likeness (QED) is 0.294. The molecule has 0 aromatic carbocycles. The fourth-order valence-corrected chi connectivity index (χ4v) is 0.347. The second kappa shape index (κ2) is 3.49. The van der Waals surface area contributed by atoms with Gasteiger partial charge in [0.05, 0.1) is 0 Å². The van der Waals surface area contributed by atoms with Crippen molar-refractivity contribution in [1.82, 2.24) is 15.2 Å². The van der Waals surface area contributed by atoms with Gasteiger partial charge in [0.15, 0.2) is 0 Å². The van der Waals surface area contributed by atoms with Crippen LogP contribution in [0.5, 0.6) is 0 Å². The van der Waals surface area contributed by atoms with Gasteiger partial charge in [-0.25, -0.2) is 0 Å². The Morgan fingerprint density at radius 2 is 2.30 bits per heavy atom. The summed E-state index contributed by atoms with van der Waals surface area (Å²) < 4.78 is 0. The number of aromatic amines is 1. The molecular formula is C2H4N5NaO2. The Balaban J connectivity index is 0.000000810. The zero-order valence-corrected chi connectivity index (χ0v) is 4.24. The minimum absolute atomic E-state index is 0. The van der Waals surface area contributed by atoms with Gasteiger partial charge in [-0.1, -0.05) is 5.10 Å². The van der Waals surface area contributed by atoms with E-state index in [4.69, 9.17) is 5.73 Å². The third kappa shape index (κ3) is 1.94. The molecule has 0 spiro atoms. The van der Waals surface area contributed by atoms with Gasteiger partial charge < -0.3 is 15.8 Å². The van der Waals surface area contributed by atoms with Crippen molar-refractivity contribution in [3.05, 3.63) is 10.1 Å². The van der Waals surface area contributed by atoms with E-state index in [0.717, 1.165) is 0 Å². The van der Waals surface area contributed by atoms with Crippen LogP contribution in [-0.2, 0) is 0 Å². The number of nitrogens with two attached hydrogens (primary N) is 1. The van der Waals surface area contributed by atoms with Crippen molar-refractivity contribution in [3.8, 4) is 0 Å². The first-order valence-corrected chi connectivity index (χ1v) is 2.02. The van der Waals surface area contributed by atoms with E-state index in [0.29, 0.717) is 0 Å². The zero-order chi connectivity index (χ0) is 6.85. The van der Waals surface area contributed by atoms with E-state index in [2.05, 4.69) is 10.1 Å². The fraction of sp³-hybridized carbons (Fsp3) is 0. The van der Waals surface area contributed by atoms with Crippen molar-refractivity contribution >= 4 is 41.5 Å². The Labute approximate surface area is 77.5 Å². The van der Waals surface area contributed by atoms with Crippen LogP contribution in [0.1, 0.15) is 0 Å². The first kappa shape index (κ1) is 9.34. The molecule has 0 saturated heterocycles. The Bertz CT molecular complexity index is 233. The van der Waals surface area contributed by atoms with E-state index in [1.807, 2.05) is 5.10 Å². The molecule has 0 unspecified atom stereocenters. The Morgan fingerprint density at radius 1 is 1.70 bits per heavy atom. The predicted octanol–water partition coefficient (Wildman–Crippen LogP) is -1.35. The van der Waals surface area contributed by atoms with Gasteiger partial charge >= 0.3 is 41.5 Å². The molecule has 50 valence electrons. The van der Waals surface area contributed by atoms with Gasteiger partial charge in [-0.15, -0.1) is 5.10 Å². The molecule has 0 atom stereocenters. The number of nitrogens with zero attached hydrogens (tertiary/aromatic N) is 3. The van der Waals surface area contributed by atoms with E-state index >= 15 is 0 Å². The fourth-order valence-electron chi connectivity index (χ4n) is 0.347. The minimum atomic E-state index is -0.705. The van der Waals surface area contributed by atoms with E-state index in [1.165, 1.54) is 0 Å². The summed E-state index contributed by atoms with van der Waals surface area (Å²) in [6, 6.07) is 0. The number of H-pyrrole nitrogens is 1. The van der Waals surface area contributed by atoms with Crippen molar-refractivity contribution in [2.45, 2.75) is 0 Å².